The molecule has 1 atom stereocenters. The maximum Gasteiger partial charge on any atom is 0.408 e. The highest BCUT2D eigenvalue weighted by atomic mass is 16.6. The molecule has 0 saturated carbocycles. The number of nitrogens with one attached hydrogen (secondary N) is 1. The summed E-state index contributed by atoms with van der Waals surface area (Å²) in [5, 5.41) is 11.7. The van der Waals surface area contributed by atoms with Gasteiger partial charge in [-0.1, -0.05) is 42.5 Å². The second-order valence-corrected chi connectivity index (χ2v) is 9.30. The summed E-state index contributed by atoms with van der Waals surface area (Å²) in [6, 6.07) is 18.7. The Labute approximate surface area is 195 Å². The highest BCUT2D eigenvalue weighted by molar-refractivity contribution is 5.86. The molecule has 174 valence electrons. The number of amides is 2. The van der Waals surface area contributed by atoms with Crippen LogP contribution in [0.3, 0.4) is 0 Å². The Balaban J connectivity index is 1.60. The van der Waals surface area contributed by atoms with E-state index in [1.807, 2.05) is 59.5 Å². The topological polar surface area (TPSA) is 85.7 Å². The van der Waals surface area contributed by atoms with Gasteiger partial charge in [0.25, 0.3) is 0 Å². The van der Waals surface area contributed by atoms with Gasteiger partial charge in [0.15, 0.2) is 0 Å². The van der Waals surface area contributed by atoms with Crippen molar-refractivity contribution in [1.29, 1.82) is 5.26 Å². The molecule has 0 aliphatic carbocycles. The summed E-state index contributed by atoms with van der Waals surface area (Å²) in [5.74, 6) is -0.0947. The standard InChI is InChI=1S/C26H32N4O3/c1-26(2,3)33-25(32)28-23(17-20-7-5-4-6-8-20)24(31)30-15-13-29(14-16-30)19-22-11-9-21(18-27)10-12-22/h4-12,23H,13-17,19H2,1-3H3,(H,28,32)/t23-/m0/s1. The normalized spacial score (nSPS) is 15.4. The zero-order valence-electron chi connectivity index (χ0n) is 19.6. The summed E-state index contributed by atoms with van der Waals surface area (Å²) in [7, 11) is 0. The monoisotopic (exact) mass is 448 g/mol. The average Bonchev–Trinajstić information content (AvgIpc) is 2.79. The maximum atomic E-state index is 13.3. The fourth-order valence-electron chi connectivity index (χ4n) is 3.79. The molecule has 7 heteroatoms. The van der Waals surface area contributed by atoms with Crippen LogP contribution in [-0.4, -0.2) is 59.6 Å². The zero-order chi connectivity index (χ0) is 23.8. The fraction of sp³-hybridized carbons (Fsp3) is 0.423. The van der Waals surface area contributed by atoms with E-state index in [2.05, 4.69) is 16.3 Å². The van der Waals surface area contributed by atoms with E-state index in [9.17, 15) is 9.59 Å². The molecule has 1 aliphatic rings. The minimum absolute atomic E-state index is 0.0947. The molecule has 0 unspecified atom stereocenters. The number of piperazine rings is 1. The van der Waals surface area contributed by atoms with Gasteiger partial charge in [-0.2, -0.15) is 5.26 Å². The molecule has 1 fully saturated rings. The second-order valence-electron chi connectivity index (χ2n) is 9.30. The van der Waals surface area contributed by atoms with E-state index in [-0.39, 0.29) is 5.91 Å². The summed E-state index contributed by atoms with van der Waals surface area (Å²) in [6.45, 7) is 8.85. The summed E-state index contributed by atoms with van der Waals surface area (Å²) in [5.41, 5.74) is 2.13. The molecule has 1 heterocycles. The molecule has 0 bridgehead atoms. The highest BCUT2D eigenvalue weighted by Crippen LogP contribution is 2.13. The average molecular weight is 449 g/mol. The SMILES string of the molecule is CC(C)(C)OC(=O)N[C@@H](Cc1ccccc1)C(=O)N1CCN(Cc2ccc(C#N)cc2)CC1. The van der Waals surface area contributed by atoms with Crippen LogP contribution in [0.25, 0.3) is 0 Å². The van der Waals surface area contributed by atoms with Gasteiger partial charge in [-0.25, -0.2) is 4.79 Å². The molecule has 7 nitrogen and oxygen atoms in total. The Bertz CT molecular complexity index is 969. The number of carbonyl (C=O) groups is 2. The number of benzene rings is 2. The van der Waals surface area contributed by atoms with Gasteiger partial charge in [0.05, 0.1) is 11.6 Å². The molecule has 0 aromatic heterocycles. The third kappa shape index (κ3) is 7.62. The number of ether oxygens (including phenoxy) is 1. The van der Waals surface area contributed by atoms with E-state index in [1.54, 1.807) is 20.8 Å². The highest BCUT2D eigenvalue weighted by Gasteiger charge is 2.30. The molecule has 3 rings (SSSR count). The van der Waals surface area contributed by atoms with Crippen LogP contribution in [0.1, 0.15) is 37.5 Å². The van der Waals surface area contributed by atoms with Crippen LogP contribution in [-0.2, 0) is 22.5 Å². The van der Waals surface area contributed by atoms with Gasteiger partial charge in [0.2, 0.25) is 5.91 Å². The second kappa shape index (κ2) is 11.0. The predicted octanol–water partition coefficient (Wildman–Crippen LogP) is 3.34. The number of carbonyl (C=O) groups excluding carboxylic acids is 2. The molecular weight excluding hydrogens is 416 g/mol. The first kappa shape index (κ1) is 24.3. The van der Waals surface area contributed by atoms with Gasteiger partial charge in [-0.3, -0.25) is 9.69 Å². The zero-order valence-corrected chi connectivity index (χ0v) is 19.6. The van der Waals surface area contributed by atoms with Crippen LogP contribution < -0.4 is 5.32 Å². The summed E-state index contributed by atoms with van der Waals surface area (Å²) in [4.78, 5) is 29.9. The summed E-state index contributed by atoms with van der Waals surface area (Å²) in [6.07, 6.45) is -0.180. The largest absolute Gasteiger partial charge is 0.444 e. The maximum absolute atomic E-state index is 13.3. The van der Waals surface area contributed by atoms with Crippen molar-refractivity contribution in [3.05, 3.63) is 71.3 Å². The lowest BCUT2D eigenvalue weighted by Crippen LogP contribution is -2.55. The Kier molecular flexibility index (Phi) is 8.07. The van der Waals surface area contributed by atoms with E-state index in [0.29, 0.717) is 25.1 Å². The van der Waals surface area contributed by atoms with E-state index in [0.717, 1.165) is 30.8 Å². The molecule has 0 radical (unpaired) electrons. The van der Waals surface area contributed by atoms with Gasteiger partial charge in [0, 0.05) is 39.1 Å². The number of nitriles is 1. The first-order valence-corrected chi connectivity index (χ1v) is 11.3. The number of nitrogens with zero attached hydrogens (tertiary/aromatic N) is 3. The first-order chi connectivity index (χ1) is 15.7. The molecule has 1 aliphatic heterocycles. The van der Waals surface area contributed by atoms with Crippen molar-refractivity contribution in [2.24, 2.45) is 0 Å². The van der Waals surface area contributed by atoms with Gasteiger partial charge >= 0.3 is 6.09 Å². The van der Waals surface area contributed by atoms with Crippen molar-refractivity contribution in [2.75, 3.05) is 26.2 Å². The van der Waals surface area contributed by atoms with E-state index in [1.165, 1.54) is 0 Å². The number of hydrogen-bond donors (Lipinski definition) is 1. The molecule has 1 saturated heterocycles. The van der Waals surface area contributed by atoms with Crippen molar-refractivity contribution in [1.82, 2.24) is 15.1 Å². The van der Waals surface area contributed by atoms with Crippen molar-refractivity contribution >= 4 is 12.0 Å². The molecule has 2 aromatic carbocycles. The quantitative estimate of drug-likeness (QED) is 0.733. The summed E-state index contributed by atoms with van der Waals surface area (Å²) < 4.78 is 5.39. The Morgan fingerprint density at radius 3 is 2.21 bits per heavy atom. The van der Waals surface area contributed by atoms with Crippen LogP contribution in [0.15, 0.2) is 54.6 Å². The molecule has 33 heavy (non-hydrogen) atoms. The Morgan fingerprint density at radius 2 is 1.64 bits per heavy atom. The third-order valence-corrected chi connectivity index (χ3v) is 5.44. The van der Waals surface area contributed by atoms with E-state index < -0.39 is 17.7 Å². The van der Waals surface area contributed by atoms with Gasteiger partial charge in [0.1, 0.15) is 11.6 Å². The van der Waals surface area contributed by atoms with Gasteiger partial charge < -0.3 is 15.0 Å². The van der Waals surface area contributed by atoms with Crippen LogP contribution in [0.2, 0.25) is 0 Å². The number of alkyl carbamates (subject to hydrolysis) is 1. The van der Waals surface area contributed by atoms with Crippen molar-refractivity contribution in [3.8, 4) is 6.07 Å². The van der Waals surface area contributed by atoms with Crippen LogP contribution >= 0.6 is 0 Å². The van der Waals surface area contributed by atoms with Crippen LogP contribution in [0.5, 0.6) is 0 Å². The lowest BCUT2D eigenvalue weighted by molar-refractivity contribution is -0.135. The first-order valence-electron chi connectivity index (χ1n) is 11.3. The lowest BCUT2D eigenvalue weighted by Gasteiger charge is -2.36. The summed E-state index contributed by atoms with van der Waals surface area (Å²) >= 11 is 0. The Morgan fingerprint density at radius 1 is 1.00 bits per heavy atom. The van der Waals surface area contributed by atoms with E-state index in [4.69, 9.17) is 10.00 Å². The molecule has 2 amide bonds. The minimum atomic E-state index is -0.688. The van der Waals surface area contributed by atoms with Crippen LogP contribution in [0.4, 0.5) is 4.79 Å². The molecule has 2 aromatic rings. The van der Waals surface area contributed by atoms with Gasteiger partial charge in [-0.05, 0) is 44.0 Å². The molecular formula is C26H32N4O3. The van der Waals surface area contributed by atoms with Crippen molar-refractivity contribution in [3.63, 3.8) is 0 Å². The fourth-order valence-corrected chi connectivity index (χ4v) is 3.79. The Hall–Kier alpha value is -3.37. The number of hydrogen-bond acceptors (Lipinski definition) is 5. The minimum Gasteiger partial charge on any atom is -0.444 e. The van der Waals surface area contributed by atoms with Crippen LogP contribution in [0, 0.1) is 11.3 Å². The lowest BCUT2D eigenvalue weighted by atomic mass is 10.0. The smallest absolute Gasteiger partial charge is 0.408 e. The molecule has 1 N–H and O–H groups in total. The van der Waals surface area contributed by atoms with E-state index >= 15 is 0 Å². The number of rotatable bonds is 6. The predicted molar refractivity (Wildman–Crippen MR) is 126 cm³/mol. The molecule has 0 spiro atoms. The van der Waals surface area contributed by atoms with Crippen molar-refractivity contribution in [2.45, 2.75) is 45.4 Å². The third-order valence-electron chi connectivity index (χ3n) is 5.44. The van der Waals surface area contributed by atoms with Crippen molar-refractivity contribution < 1.29 is 14.3 Å². The van der Waals surface area contributed by atoms with Gasteiger partial charge in [-0.15, -0.1) is 0 Å².